The minimum Gasteiger partial charge on any atom is -0.447 e. The molecule has 0 unspecified atom stereocenters. The molecule has 1 fully saturated rings. The third kappa shape index (κ3) is 5.34. The van der Waals surface area contributed by atoms with Gasteiger partial charge in [-0.3, -0.25) is 0 Å². The molecular weight excluding hydrogens is 348 g/mol. The predicted octanol–water partition coefficient (Wildman–Crippen LogP) is 0.910. The molecule has 5 atom stereocenters. The molecule has 0 radical (unpaired) electrons. The van der Waals surface area contributed by atoms with E-state index in [1.54, 1.807) is 12.1 Å². The van der Waals surface area contributed by atoms with Crippen LogP contribution in [0, 0.1) is 6.92 Å². The Balaban J connectivity index is 2.02. The van der Waals surface area contributed by atoms with E-state index in [0.717, 1.165) is 12.0 Å². The van der Waals surface area contributed by atoms with Crippen LogP contribution in [0.3, 0.4) is 0 Å². The molecule has 0 bridgehead atoms. The number of benzene rings is 1. The summed E-state index contributed by atoms with van der Waals surface area (Å²) in [6.45, 7) is 3.75. The van der Waals surface area contributed by atoms with Crippen molar-refractivity contribution < 1.29 is 34.3 Å². The average Bonchev–Trinajstić information content (AvgIpc) is 2.60. The van der Waals surface area contributed by atoms with E-state index in [2.05, 4.69) is 0 Å². The lowest BCUT2D eigenvalue weighted by atomic mass is 9.99. The van der Waals surface area contributed by atoms with Crippen LogP contribution in [0.4, 0.5) is 0 Å². The van der Waals surface area contributed by atoms with E-state index in [1.807, 2.05) is 26.0 Å². The number of hydrogen-bond donors (Lipinski definition) is 3. The van der Waals surface area contributed by atoms with Crippen molar-refractivity contribution in [3.8, 4) is 5.75 Å². The molecule has 1 heterocycles. The Kier molecular flexibility index (Phi) is 7.55. The third-order valence-electron chi connectivity index (χ3n) is 3.76. The van der Waals surface area contributed by atoms with Crippen LogP contribution in [0.2, 0.25) is 0 Å². The molecule has 140 valence electrons. The van der Waals surface area contributed by atoms with Crippen molar-refractivity contribution in [1.82, 2.24) is 0 Å². The summed E-state index contributed by atoms with van der Waals surface area (Å²) in [4.78, 5) is 0. The topological polar surface area (TPSA) is 97.6 Å². The molecule has 25 heavy (non-hydrogen) atoms. The number of aryl methyl sites for hydroxylation is 1. The molecule has 3 N–H and O–H groups in total. The molecule has 0 aromatic heterocycles. The lowest BCUT2D eigenvalue weighted by Crippen LogP contribution is -2.60. The van der Waals surface area contributed by atoms with Crippen LogP contribution in [0.1, 0.15) is 18.9 Å². The summed E-state index contributed by atoms with van der Waals surface area (Å²) in [5.74, 6) is 0.476. The van der Waals surface area contributed by atoms with E-state index >= 15 is 0 Å². The highest BCUT2D eigenvalue weighted by atomic mass is 32.1. The molecule has 2 rings (SSSR count). The Morgan fingerprint density at radius 1 is 1.20 bits per heavy atom. The SMILES string of the molecule is CCCO[C@@H]1O[C@H](CO)[C@H](O)[C@H](OC(=S)Oc2ccc(C)cc2)[C@H]1O. The molecular formula is C17H24O7S. The van der Waals surface area contributed by atoms with Gasteiger partial charge in [-0.25, -0.2) is 0 Å². The summed E-state index contributed by atoms with van der Waals surface area (Å²) < 4.78 is 21.6. The van der Waals surface area contributed by atoms with Gasteiger partial charge in [0.05, 0.1) is 6.61 Å². The van der Waals surface area contributed by atoms with Gasteiger partial charge in [0.2, 0.25) is 0 Å². The standard InChI is InChI=1S/C17H24O7S/c1-3-8-21-16-14(20)15(13(19)12(9-18)23-16)24-17(25)22-11-6-4-10(2)5-7-11/h4-7,12-16,18-20H,3,8-9H2,1-2H3/t12-,13+,14-,15+,16-/m1/s1. The van der Waals surface area contributed by atoms with Crippen LogP contribution >= 0.6 is 12.2 Å². The Morgan fingerprint density at radius 3 is 2.48 bits per heavy atom. The highest BCUT2D eigenvalue weighted by Gasteiger charge is 2.47. The molecule has 0 spiro atoms. The van der Waals surface area contributed by atoms with E-state index < -0.39 is 37.3 Å². The van der Waals surface area contributed by atoms with Gasteiger partial charge in [-0.05, 0) is 25.5 Å². The highest BCUT2D eigenvalue weighted by molar-refractivity contribution is 7.79. The molecule has 7 nitrogen and oxygen atoms in total. The van der Waals surface area contributed by atoms with Crippen LogP contribution in [-0.4, -0.2) is 64.5 Å². The van der Waals surface area contributed by atoms with Gasteiger partial charge in [0, 0.05) is 18.8 Å². The normalized spacial score (nSPS) is 29.2. The largest absolute Gasteiger partial charge is 0.447 e. The number of thiocarbonyl (C=S) groups is 1. The number of rotatable bonds is 6. The minimum absolute atomic E-state index is 0.250. The summed E-state index contributed by atoms with van der Waals surface area (Å²) in [6.07, 6.45) is -5.00. The van der Waals surface area contributed by atoms with Crippen molar-refractivity contribution in [1.29, 1.82) is 0 Å². The van der Waals surface area contributed by atoms with Gasteiger partial charge < -0.3 is 34.3 Å². The van der Waals surface area contributed by atoms with Gasteiger partial charge in [0.25, 0.3) is 0 Å². The second kappa shape index (κ2) is 9.42. The van der Waals surface area contributed by atoms with Gasteiger partial charge in [0.15, 0.2) is 12.4 Å². The average molecular weight is 372 g/mol. The minimum atomic E-state index is -1.29. The first kappa shape index (κ1) is 20.0. The summed E-state index contributed by atoms with van der Waals surface area (Å²) >= 11 is 5.05. The summed E-state index contributed by atoms with van der Waals surface area (Å²) in [5, 5.41) is 29.7. The fraction of sp³-hybridized carbons (Fsp3) is 0.588. The van der Waals surface area contributed by atoms with Gasteiger partial charge in [-0.2, -0.15) is 0 Å². The Labute approximate surface area is 152 Å². The van der Waals surface area contributed by atoms with Gasteiger partial charge in [0.1, 0.15) is 24.1 Å². The van der Waals surface area contributed by atoms with Crippen LogP contribution in [-0.2, 0) is 14.2 Å². The fourth-order valence-corrected chi connectivity index (χ4v) is 2.61. The maximum Gasteiger partial charge on any atom is 0.358 e. The van der Waals surface area contributed by atoms with Crippen LogP contribution in [0.5, 0.6) is 5.75 Å². The van der Waals surface area contributed by atoms with Crippen LogP contribution in [0.15, 0.2) is 24.3 Å². The van der Waals surface area contributed by atoms with E-state index in [4.69, 9.17) is 31.2 Å². The molecule has 1 aromatic carbocycles. The van der Waals surface area contributed by atoms with Crippen LogP contribution < -0.4 is 4.74 Å². The lowest BCUT2D eigenvalue weighted by molar-refractivity contribution is -0.299. The molecule has 0 aliphatic carbocycles. The maximum absolute atomic E-state index is 10.4. The van der Waals surface area contributed by atoms with Gasteiger partial charge in [-0.15, -0.1) is 0 Å². The zero-order chi connectivity index (χ0) is 18.4. The molecule has 1 aromatic rings. The van der Waals surface area contributed by atoms with Crippen molar-refractivity contribution in [3.63, 3.8) is 0 Å². The molecule has 0 saturated carbocycles. The summed E-state index contributed by atoms with van der Waals surface area (Å²) in [7, 11) is 0. The highest BCUT2D eigenvalue weighted by Crippen LogP contribution is 2.25. The number of hydrogen-bond acceptors (Lipinski definition) is 8. The predicted molar refractivity (Wildman–Crippen MR) is 93.3 cm³/mol. The van der Waals surface area contributed by atoms with E-state index in [-0.39, 0.29) is 5.24 Å². The molecule has 1 aliphatic rings. The first-order valence-electron chi connectivity index (χ1n) is 8.15. The zero-order valence-corrected chi connectivity index (χ0v) is 15.0. The third-order valence-corrected chi connectivity index (χ3v) is 3.94. The van der Waals surface area contributed by atoms with Gasteiger partial charge in [-0.1, -0.05) is 24.6 Å². The maximum atomic E-state index is 10.4. The quantitative estimate of drug-likeness (QED) is 0.634. The first-order valence-corrected chi connectivity index (χ1v) is 8.56. The zero-order valence-electron chi connectivity index (χ0n) is 14.2. The number of ether oxygens (including phenoxy) is 4. The fourth-order valence-electron chi connectivity index (χ4n) is 2.40. The van der Waals surface area contributed by atoms with Crippen molar-refractivity contribution in [2.75, 3.05) is 13.2 Å². The monoisotopic (exact) mass is 372 g/mol. The molecule has 1 saturated heterocycles. The van der Waals surface area contributed by atoms with Crippen molar-refractivity contribution in [2.45, 2.75) is 51.0 Å². The Bertz CT molecular complexity index is 550. The van der Waals surface area contributed by atoms with Crippen molar-refractivity contribution in [3.05, 3.63) is 29.8 Å². The number of aliphatic hydroxyl groups excluding tert-OH is 3. The first-order chi connectivity index (χ1) is 12.0. The van der Waals surface area contributed by atoms with Crippen LogP contribution in [0.25, 0.3) is 0 Å². The van der Waals surface area contributed by atoms with Crippen molar-refractivity contribution >= 4 is 17.5 Å². The smallest absolute Gasteiger partial charge is 0.358 e. The summed E-state index contributed by atoms with van der Waals surface area (Å²) in [5.41, 5.74) is 1.07. The second-order valence-corrected chi connectivity index (χ2v) is 6.16. The molecule has 8 heteroatoms. The van der Waals surface area contributed by atoms with E-state index in [1.165, 1.54) is 0 Å². The molecule has 0 amide bonds. The van der Waals surface area contributed by atoms with Crippen molar-refractivity contribution in [2.24, 2.45) is 0 Å². The lowest BCUT2D eigenvalue weighted by Gasteiger charge is -2.41. The number of aliphatic hydroxyl groups is 3. The van der Waals surface area contributed by atoms with E-state index in [0.29, 0.717) is 12.4 Å². The summed E-state index contributed by atoms with van der Waals surface area (Å²) in [6, 6.07) is 7.16. The second-order valence-electron chi connectivity index (χ2n) is 5.83. The van der Waals surface area contributed by atoms with Gasteiger partial charge >= 0.3 is 5.24 Å². The van der Waals surface area contributed by atoms with E-state index in [9.17, 15) is 15.3 Å². The Hall–Kier alpha value is -1.29. The Morgan fingerprint density at radius 2 is 1.88 bits per heavy atom. The molecule has 1 aliphatic heterocycles.